The molecule has 0 saturated carbocycles. The minimum absolute atomic E-state index is 0. The Morgan fingerprint density at radius 3 is 2.04 bits per heavy atom. The molecule has 6 nitrogen and oxygen atoms in total. The molecule has 1 aromatic rings. The van der Waals surface area contributed by atoms with E-state index in [-0.39, 0.29) is 18.3 Å². The standard InChI is InChI=1S/C16H26N2O4.ClH/c1-16(2,10-17)18-14(19)7-6-11-8-12(20-3)15(22-5)13(9-11)21-4;/h8-9H,6-7,10,17H2,1-5H3,(H,18,19);1H. The topological polar surface area (TPSA) is 82.8 Å². The molecule has 23 heavy (non-hydrogen) atoms. The van der Waals surface area contributed by atoms with Gasteiger partial charge in [0, 0.05) is 18.5 Å². The molecule has 0 aliphatic heterocycles. The quantitative estimate of drug-likeness (QED) is 0.751. The number of carbonyl (C=O) groups is 1. The molecule has 1 rings (SSSR count). The first-order valence-electron chi connectivity index (χ1n) is 7.16. The molecule has 0 spiro atoms. The van der Waals surface area contributed by atoms with Crippen LogP contribution in [0.3, 0.4) is 0 Å². The van der Waals surface area contributed by atoms with Crippen LogP contribution in [0.1, 0.15) is 25.8 Å². The number of rotatable bonds is 8. The molecule has 3 N–H and O–H groups in total. The number of nitrogens with one attached hydrogen (secondary N) is 1. The second kappa shape index (κ2) is 9.47. The highest BCUT2D eigenvalue weighted by atomic mass is 35.5. The first kappa shape index (κ1) is 21.3. The van der Waals surface area contributed by atoms with E-state index in [0.29, 0.717) is 36.6 Å². The second-order valence-electron chi connectivity index (χ2n) is 5.67. The van der Waals surface area contributed by atoms with Crippen LogP contribution in [0, 0.1) is 0 Å². The Morgan fingerprint density at radius 1 is 1.13 bits per heavy atom. The predicted octanol–water partition coefficient (Wildman–Crippen LogP) is 1.92. The maximum atomic E-state index is 12.0. The van der Waals surface area contributed by atoms with Crippen molar-refractivity contribution in [2.24, 2.45) is 5.73 Å². The van der Waals surface area contributed by atoms with Crippen molar-refractivity contribution in [1.82, 2.24) is 5.32 Å². The van der Waals surface area contributed by atoms with Crippen LogP contribution in [-0.2, 0) is 11.2 Å². The smallest absolute Gasteiger partial charge is 0.220 e. The van der Waals surface area contributed by atoms with Crippen molar-refractivity contribution >= 4 is 18.3 Å². The van der Waals surface area contributed by atoms with E-state index in [1.807, 2.05) is 26.0 Å². The predicted molar refractivity (Wildman–Crippen MR) is 92.9 cm³/mol. The molecule has 0 bridgehead atoms. The molecule has 0 fully saturated rings. The molecule has 0 radical (unpaired) electrons. The van der Waals surface area contributed by atoms with Gasteiger partial charge in [0.15, 0.2) is 11.5 Å². The summed E-state index contributed by atoms with van der Waals surface area (Å²) in [5.41, 5.74) is 6.15. The summed E-state index contributed by atoms with van der Waals surface area (Å²) in [5, 5.41) is 2.90. The fourth-order valence-electron chi connectivity index (χ4n) is 2.03. The molecular formula is C16H27ClN2O4. The number of aryl methyl sites for hydroxylation is 1. The fourth-order valence-corrected chi connectivity index (χ4v) is 2.03. The number of benzene rings is 1. The van der Waals surface area contributed by atoms with Gasteiger partial charge in [-0.15, -0.1) is 12.4 Å². The van der Waals surface area contributed by atoms with Crippen molar-refractivity contribution in [1.29, 1.82) is 0 Å². The van der Waals surface area contributed by atoms with Crippen LogP contribution in [-0.4, -0.2) is 39.3 Å². The third-order valence-corrected chi connectivity index (χ3v) is 3.35. The Balaban J connectivity index is 0.00000484. The lowest BCUT2D eigenvalue weighted by atomic mass is 10.0. The summed E-state index contributed by atoms with van der Waals surface area (Å²) in [6.07, 6.45) is 0.936. The first-order chi connectivity index (χ1) is 10.4. The van der Waals surface area contributed by atoms with E-state index in [2.05, 4.69) is 5.32 Å². The maximum absolute atomic E-state index is 12.0. The summed E-state index contributed by atoms with van der Waals surface area (Å²) in [5.74, 6) is 1.67. The zero-order valence-electron chi connectivity index (χ0n) is 14.4. The van der Waals surface area contributed by atoms with Crippen LogP contribution in [0.2, 0.25) is 0 Å². The van der Waals surface area contributed by atoms with E-state index in [0.717, 1.165) is 5.56 Å². The number of halogens is 1. The third-order valence-electron chi connectivity index (χ3n) is 3.35. The van der Waals surface area contributed by atoms with Crippen molar-refractivity contribution in [3.05, 3.63) is 17.7 Å². The summed E-state index contributed by atoms with van der Waals surface area (Å²) in [4.78, 5) is 12.0. The summed E-state index contributed by atoms with van der Waals surface area (Å²) in [6, 6.07) is 3.70. The monoisotopic (exact) mass is 346 g/mol. The number of carbonyl (C=O) groups excluding carboxylic acids is 1. The summed E-state index contributed by atoms with van der Waals surface area (Å²) in [7, 11) is 4.69. The van der Waals surface area contributed by atoms with Gasteiger partial charge in [-0.05, 0) is 38.0 Å². The van der Waals surface area contributed by atoms with Gasteiger partial charge < -0.3 is 25.3 Å². The summed E-state index contributed by atoms with van der Waals surface area (Å²) < 4.78 is 15.9. The Hall–Kier alpha value is -1.66. The lowest BCUT2D eigenvalue weighted by Gasteiger charge is -2.24. The molecule has 132 valence electrons. The molecule has 7 heteroatoms. The van der Waals surface area contributed by atoms with E-state index in [1.165, 1.54) is 0 Å². The molecular weight excluding hydrogens is 320 g/mol. The zero-order valence-corrected chi connectivity index (χ0v) is 15.2. The molecule has 0 aliphatic rings. The van der Waals surface area contributed by atoms with Crippen LogP contribution in [0.4, 0.5) is 0 Å². The van der Waals surface area contributed by atoms with Crippen LogP contribution >= 0.6 is 12.4 Å². The van der Waals surface area contributed by atoms with E-state index < -0.39 is 5.54 Å². The normalized spacial score (nSPS) is 10.5. The van der Waals surface area contributed by atoms with E-state index in [1.54, 1.807) is 21.3 Å². The van der Waals surface area contributed by atoms with Gasteiger partial charge in [-0.3, -0.25) is 4.79 Å². The minimum atomic E-state index is -0.396. The Kier molecular flexibility index (Phi) is 8.79. The molecule has 0 unspecified atom stereocenters. The number of hydrogen-bond donors (Lipinski definition) is 2. The molecule has 0 heterocycles. The summed E-state index contributed by atoms with van der Waals surface area (Å²) >= 11 is 0. The van der Waals surface area contributed by atoms with Crippen LogP contribution in [0.25, 0.3) is 0 Å². The van der Waals surface area contributed by atoms with Gasteiger partial charge >= 0.3 is 0 Å². The Labute approximate surface area is 144 Å². The van der Waals surface area contributed by atoms with Crippen molar-refractivity contribution in [3.63, 3.8) is 0 Å². The number of methoxy groups -OCH3 is 3. The molecule has 0 aromatic heterocycles. The second-order valence-corrected chi connectivity index (χ2v) is 5.67. The average molecular weight is 347 g/mol. The van der Waals surface area contributed by atoms with Gasteiger partial charge in [0.05, 0.1) is 21.3 Å². The van der Waals surface area contributed by atoms with Gasteiger partial charge in [-0.25, -0.2) is 0 Å². The highest BCUT2D eigenvalue weighted by Crippen LogP contribution is 2.38. The molecule has 1 aromatic carbocycles. The number of nitrogens with two attached hydrogens (primary N) is 1. The average Bonchev–Trinajstić information content (AvgIpc) is 2.51. The SMILES string of the molecule is COc1cc(CCC(=O)NC(C)(C)CN)cc(OC)c1OC.Cl. The van der Waals surface area contributed by atoms with Gasteiger partial charge in [0.1, 0.15) is 0 Å². The highest BCUT2D eigenvalue weighted by Gasteiger charge is 2.18. The third kappa shape index (κ3) is 6.15. The lowest BCUT2D eigenvalue weighted by molar-refractivity contribution is -0.122. The number of ether oxygens (including phenoxy) is 3. The van der Waals surface area contributed by atoms with Crippen molar-refractivity contribution < 1.29 is 19.0 Å². The molecule has 0 atom stereocenters. The van der Waals surface area contributed by atoms with Crippen LogP contribution in [0.5, 0.6) is 17.2 Å². The van der Waals surface area contributed by atoms with Gasteiger partial charge in [0.25, 0.3) is 0 Å². The number of amides is 1. The molecule has 1 amide bonds. The van der Waals surface area contributed by atoms with E-state index in [9.17, 15) is 4.79 Å². The van der Waals surface area contributed by atoms with E-state index >= 15 is 0 Å². The first-order valence-corrected chi connectivity index (χ1v) is 7.16. The van der Waals surface area contributed by atoms with Crippen molar-refractivity contribution in [3.8, 4) is 17.2 Å². The highest BCUT2D eigenvalue weighted by molar-refractivity contribution is 5.85. The lowest BCUT2D eigenvalue weighted by Crippen LogP contribution is -2.48. The van der Waals surface area contributed by atoms with Gasteiger partial charge in [-0.1, -0.05) is 0 Å². The number of hydrogen-bond acceptors (Lipinski definition) is 5. The van der Waals surface area contributed by atoms with Gasteiger partial charge in [-0.2, -0.15) is 0 Å². The largest absolute Gasteiger partial charge is 0.493 e. The molecule has 0 aliphatic carbocycles. The van der Waals surface area contributed by atoms with Crippen LogP contribution < -0.4 is 25.3 Å². The zero-order chi connectivity index (χ0) is 16.8. The van der Waals surface area contributed by atoms with Crippen LogP contribution in [0.15, 0.2) is 12.1 Å². The fraction of sp³-hybridized carbons (Fsp3) is 0.562. The Morgan fingerprint density at radius 2 is 1.65 bits per heavy atom. The Bertz CT molecular complexity index is 496. The maximum Gasteiger partial charge on any atom is 0.220 e. The molecule has 0 saturated heterocycles. The summed E-state index contributed by atoms with van der Waals surface area (Å²) in [6.45, 7) is 4.18. The van der Waals surface area contributed by atoms with Crippen molar-refractivity contribution in [2.45, 2.75) is 32.2 Å². The minimum Gasteiger partial charge on any atom is -0.493 e. The van der Waals surface area contributed by atoms with Crippen molar-refractivity contribution in [2.75, 3.05) is 27.9 Å². The van der Waals surface area contributed by atoms with Gasteiger partial charge in [0.2, 0.25) is 11.7 Å². The van der Waals surface area contributed by atoms with E-state index in [4.69, 9.17) is 19.9 Å².